The van der Waals surface area contributed by atoms with Crippen LogP contribution in [0.5, 0.6) is 0 Å². The Bertz CT molecular complexity index is 395. The van der Waals surface area contributed by atoms with Gasteiger partial charge in [0.15, 0.2) is 0 Å². The summed E-state index contributed by atoms with van der Waals surface area (Å²) in [6, 6.07) is 4.41. The zero-order chi connectivity index (χ0) is 14.8. The van der Waals surface area contributed by atoms with Gasteiger partial charge in [-0.25, -0.2) is 4.98 Å². The van der Waals surface area contributed by atoms with Gasteiger partial charge >= 0.3 is 0 Å². The highest BCUT2D eigenvalue weighted by molar-refractivity contribution is 5.48. The highest BCUT2D eigenvalue weighted by Crippen LogP contribution is 2.23. The van der Waals surface area contributed by atoms with E-state index in [0.717, 1.165) is 31.9 Å². The molecule has 0 spiro atoms. The van der Waals surface area contributed by atoms with Crippen LogP contribution in [-0.4, -0.2) is 38.3 Å². The van der Waals surface area contributed by atoms with Crippen molar-refractivity contribution < 1.29 is 4.74 Å². The Morgan fingerprint density at radius 3 is 3.00 bits per heavy atom. The van der Waals surface area contributed by atoms with Gasteiger partial charge in [0.25, 0.3) is 0 Å². The second-order valence-electron chi connectivity index (χ2n) is 4.82. The summed E-state index contributed by atoms with van der Waals surface area (Å²) in [6.07, 6.45) is 4.87. The first kappa shape index (κ1) is 16.7. The largest absolute Gasteiger partial charge is 0.383 e. The summed E-state index contributed by atoms with van der Waals surface area (Å²) in [6.45, 7) is 11.5. The molecule has 0 bridgehead atoms. The van der Waals surface area contributed by atoms with Crippen LogP contribution in [0.25, 0.3) is 0 Å². The Labute approximate surface area is 122 Å². The maximum Gasteiger partial charge on any atom is 0.133 e. The van der Waals surface area contributed by atoms with Crippen LogP contribution >= 0.6 is 0 Å². The van der Waals surface area contributed by atoms with Crippen LogP contribution in [-0.2, 0) is 4.74 Å². The molecule has 0 aromatic carbocycles. The van der Waals surface area contributed by atoms with Crippen LogP contribution in [0.1, 0.15) is 31.9 Å². The lowest BCUT2D eigenvalue weighted by atomic mass is 10.1. The number of nitrogens with zero attached hydrogens (tertiary/aromatic N) is 2. The van der Waals surface area contributed by atoms with Gasteiger partial charge in [0.1, 0.15) is 5.82 Å². The number of nitrogens with one attached hydrogen (secondary N) is 1. The van der Waals surface area contributed by atoms with Crippen LogP contribution in [0, 0.1) is 0 Å². The van der Waals surface area contributed by atoms with Crippen molar-refractivity contribution in [3.63, 3.8) is 0 Å². The summed E-state index contributed by atoms with van der Waals surface area (Å²) in [5.41, 5.74) is 1.22. The summed E-state index contributed by atoms with van der Waals surface area (Å²) in [5, 5.41) is 3.52. The zero-order valence-electron chi connectivity index (χ0n) is 12.9. The number of hydrogen-bond donors (Lipinski definition) is 1. The molecule has 0 saturated carbocycles. The molecule has 0 radical (unpaired) electrons. The van der Waals surface area contributed by atoms with Gasteiger partial charge in [-0.2, -0.15) is 0 Å². The van der Waals surface area contributed by atoms with Gasteiger partial charge in [-0.15, -0.1) is 6.58 Å². The minimum absolute atomic E-state index is 0.286. The summed E-state index contributed by atoms with van der Waals surface area (Å²) in [5.74, 6) is 1.01. The normalized spacial score (nSPS) is 12.2. The Hall–Kier alpha value is -1.39. The van der Waals surface area contributed by atoms with Gasteiger partial charge in [0.2, 0.25) is 0 Å². The second-order valence-corrected chi connectivity index (χ2v) is 4.82. The fourth-order valence-electron chi connectivity index (χ4n) is 2.12. The smallest absolute Gasteiger partial charge is 0.133 e. The van der Waals surface area contributed by atoms with E-state index in [-0.39, 0.29) is 6.04 Å². The third kappa shape index (κ3) is 4.94. The van der Waals surface area contributed by atoms with Crippen molar-refractivity contribution in [2.75, 3.05) is 38.3 Å². The number of anilines is 1. The average Bonchev–Trinajstić information content (AvgIpc) is 2.49. The molecule has 0 saturated heterocycles. The maximum atomic E-state index is 5.19. The van der Waals surface area contributed by atoms with Crippen LogP contribution in [0.4, 0.5) is 5.82 Å². The molecule has 0 aliphatic rings. The molecule has 1 N–H and O–H groups in total. The SMILES string of the molecule is C=CCN(CCOC)c1ncccc1C(C)NCCC. The van der Waals surface area contributed by atoms with Gasteiger partial charge in [-0.3, -0.25) is 0 Å². The van der Waals surface area contributed by atoms with Gasteiger partial charge < -0.3 is 15.0 Å². The Kier molecular flexibility index (Phi) is 7.92. The topological polar surface area (TPSA) is 37.4 Å². The molecule has 1 aromatic heterocycles. The fraction of sp³-hybridized carbons (Fsp3) is 0.562. The molecule has 4 nitrogen and oxygen atoms in total. The number of methoxy groups -OCH3 is 1. The fourth-order valence-corrected chi connectivity index (χ4v) is 2.12. The second kappa shape index (κ2) is 9.50. The van der Waals surface area contributed by atoms with E-state index in [0.29, 0.717) is 6.61 Å². The Morgan fingerprint density at radius 1 is 1.55 bits per heavy atom. The average molecular weight is 277 g/mol. The standard InChI is InChI=1S/C16H27N3O/c1-5-9-17-14(3)15-8-7-10-18-16(15)19(11-6-2)12-13-20-4/h6-8,10,14,17H,2,5,9,11-13H2,1,3-4H3. The van der Waals surface area contributed by atoms with E-state index in [1.807, 2.05) is 18.3 Å². The van der Waals surface area contributed by atoms with E-state index >= 15 is 0 Å². The minimum Gasteiger partial charge on any atom is -0.383 e. The molecular weight excluding hydrogens is 250 g/mol. The molecule has 4 heteroatoms. The monoisotopic (exact) mass is 277 g/mol. The van der Waals surface area contributed by atoms with E-state index in [9.17, 15) is 0 Å². The number of hydrogen-bond acceptors (Lipinski definition) is 4. The van der Waals surface area contributed by atoms with Crippen molar-refractivity contribution in [3.8, 4) is 0 Å². The van der Waals surface area contributed by atoms with Gasteiger partial charge in [-0.05, 0) is 26.0 Å². The van der Waals surface area contributed by atoms with Crippen LogP contribution in [0.15, 0.2) is 31.0 Å². The van der Waals surface area contributed by atoms with Crippen LogP contribution in [0.2, 0.25) is 0 Å². The van der Waals surface area contributed by atoms with Crippen LogP contribution < -0.4 is 10.2 Å². The van der Waals surface area contributed by atoms with E-state index in [4.69, 9.17) is 4.74 Å². The highest BCUT2D eigenvalue weighted by Gasteiger charge is 2.15. The molecule has 0 aliphatic heterocycles. The third-order valence-electron chi connectivity index (χ3n) is 3.20. The summed E-state index contributed by atoms with van der Waals surface area (Å²) in [7, 11) is 1.72. The maximum absolute atomic E-state index is 5.19. The molecular formula is C16H27N3O. The third-order valence-corrected chi connectivity index (χ3v) is 3.20. The molecule has 1 heterocycles. The minimum atomic E-state index is 0.286. The lowest BCUT2D eigenvalue weighted by Gasteiger charge is -2.26. The molecule has 0 amide bonds. The van der Waals surface area contributed by atoms with E-state index in [1.54, 1.807) is 7.11 Å². The Morgan fingerprint density at radius 2 is 2.35 bits per heavy atom. The number of ether oxygens (including phenoxy) is 1. The van der Waals surface area contributed by atoms with Crippen molar-refractivity contribution >= 4 is 5.82 Å². The molecule has 0 fully saturated rings. The van der Waals surface area contributed by atoms with Crippen molar-refractivity contribution in [2.45, 2.75) is 26.3 Å². The van der Waals surface area contributed by atoms with Crippen molar-refractivity contribution in [1.82, 2.24) is 10.3 Å². The molecule has 20 heavy (non-hydrogen) atoms. The highest BCUT2D eigenvalue weighted by atomic mass is 16.5. The van der Waals surface area contributed by atoms with Crippen molar-refractivity contribution in [3.05, 3.63) is 36.5 Å². The number of pyridine rings is 1. The summed E-state index contributed by atoms with van der Waals surface area (Å²) >= 11 is 0. The Balaban J connectivity index is 2.92. The predicted molar refractivity (Wildman–Crippen MR) is 85.2 cm³/mol. The van der Waals surface area contributed by atoms with E-state index in [1.165, 1.54) is 5.56 Å². The van der Waals surface area contributed by atoms with Gasteiger partial charge in [0.05, 0.1) is 6.61 Å². The molecule has 1 unspecified atom stereocenters. The lowest BCUT2D eigenvalue weighted by Crippen LogP contribution is -2.31. The van der Waals surface area contributed by atoms with Crippen molar-refractivity contribution in [2.24, 2.45) is 0 Å². The number of aromatic nitrogens is 1. The van der Waals surface area contributed by atoms with Gasteiger partial charge in [-0.1, -0.05) is 19.1 Å². The first-order chi connectivity index (χ1) is 9.74. The molecule has 1 atom stereocenters. The summed E-state index contributed by atoms with van der Waals surface area (Å²) in [4.78, 5) is 6.77. The molecule has 1 rings (SSSR count). The molecule has 112 valence electrons. The van der Waals surface area contributed by atoms with Crippen molar-refractivity contribution in [1.29, 1.82) is 0 Å². The first-order valence-electron chi connectivity index (χ1n) is 7.27. The van der Waals surface area contributed by atoms with E-state index < -0.39 is 0 Å². The number of rotatable bonds is 10. The quantitative estimate of drug-likeness (QED) is 0.667. The zero-order valence-corrected chi connectivity index (χ0v) is 12.9. The van der Waals surface area contributed by atoms with Gasteiger partial charge in [0, 0.05) is 38.0 Å². The predicted octanol–water partition coefficient (Wildman–Crippen LogP) is 2.78. The molecule has 0 aliphatic carbocycles. The first-order valence-corrected chi connectivity index (χ1v) is 7.27. The lowest BCUT2D eigenvalue weighted by molar-refractivity contribution is 0.205. The van der Waals surface area contributed by atoms with Crippen LogP contribution in [0.3, 0.4) is 0 Å². The summed E-state index contributed by atoms with van der Waals surface area (Å²) < 4.78 is 5.19. The molecule has 1 aromatic rings. The van der Waals surface area contributed by atoms with E-state index in [2.05, 4.69) is 41.7 Å².